The van der Waals surface area contributed by atoms with Gasteiger partial charge in [-0.1, -0.05) is 56.3 Å². The fourth-order valence-corrected chi connectivity index (χ4v) is 7.84. The van der Waals surface area contributed by atoms with E-state index < -0.39 is 40.9 Å². The maximum atomic E-state index is 15.4. The minimum atomic E-state index is -1.38. The SMILES string of the molecule is CCn1cc(C(=O)O)c(=O)c2cc(F)c(N3CCN(C(=O)OCc4ccc(NC(=O)[C@H](CCCNC(N)=O)N5C=C([C@@H](CC(=O)OCc6ccccc6)CC(C)C)NN5)cc4)CC3)cc21. The van der Waals surface area contributed by atoms with Gasteiger partial charge in [0.05, 0.1) is 17.6 Å². The Morgan fingerprint density at radius 2 is 1.63 bits per heavy atom. The summed E-state index contributed by atoms with van der Waals surface area (Å²) in [7, 11) is 0. The number of ether oxygens (including phenoxy) is 2. The second-order valence-corrected chi connectivity index (χ2v) is 16.4. The zero-order valence-electron chi connectivity index (χ0n) is 36.7. The van der Waals surface area contributed by atoms with E-state index >= 15 is 4.39 Å². The number of allylic oxidation sites excluding steroid dienone is 1. The van der Waals surface area contributed by atoms with Crippen molar-refractivity contribution in [1.82, 2.24) is 30.8 Å². The number of hydrazine groups is 2. The van der Waals surface area contributed by atoms with Crippen molar-refractivity contribution in [3.63, 3.8) is 0 Å². The van der Waals surface area contributed by atoms with Gasteiger partial charge >= 0.3 is 24.1 Å². The highest BCUT2D eigenvalue weighted by Gasteiger charge is 2.31. The van der Waals surface area contributed by atoms with E-state index in [-0.39, 0.29) is 74.1 Å². The second-order valence-electron chi connectivity index (χ2n) is 16.4. The molecule has 19 heteroatoms. The molecule has 0 aliphatic carbocycles. The molecular formula is C46H56FN9O9. The number of primary amides is 1. The fourth-order valence-electron chi connectivity index (χ4n) is 7.84. The molecule has 18 nitrogen and oxygen atoms in total. The number of carbonyl (C=O) groups is 5. The molecule has 1 fully saturated rings. The van der Waals surface area contributed by atoms with Crippen molar-refractivity contribution < 1.29 is 42.9 Å². The lowest BCUT2D eigenvalue weighted by molar-refractivity contribution is -0.146. The topological polar surface area (TPSA) is 230 Å². The number of aryl methyl sites for hydroxylation is 1. The van der Waals surface area contributed by atoms with Crippen molar-refractivity contribution in [2.24, 2.45) is 17.6 Å². The maximum Gasteiger partial charge on any atom is 0.410 e. The van der Waals surface area contributed by atoms with Crippen LogP contribution in [0.15, 0.2) is 89.6 Å². The lowest BCUT2D eigenvalue weighted by Gasteiger charge is -2.35. The highest BCUT2D eigenvalue weighted by molar-refractivity contribution is 5.95. The van der Waals surface area contributed by atoms with Crippen molar-refractivity contribution in [2.45, 2.75) is 72.3 Å². The Labute approximate surface area is 375 Å². The van der Waals surface area contributed by atoms with Gasteiger partial charge in [-0.25, -0.2) is 18.8 Å². The first-order valence-corrected chi connectivity index (χ1v) is 21.6. The number of nitrogens with zero attached hydrogens (tertiary/aromatic N) is 4. The third-order valence-corrected chi connectivity index (χ3v) is 11.2. The lowest BCUT2D eigenvalue weighted by Crippen LogP contribution is -2.49. The van der Waals surface area contributed by atoms with Crippen LogP contribution >= 0.6 is 0 Å². The predicted molar refractivity (Wildman–Crippen MR) is 240 cm³/mol. The summed E-state index contributed by atoms with van der Waals surface area (Å²) in [4.78, 5) is 78.9. The average molecular weight is 898 g/mol. The fraction of sp³-hybridized carbons (Fsp3) is 0.391. The Balaban J connectivity index is 1.03. The number of rotatable bonds is 19. The molecule has 3 heterocycles. The van der Waals surface area contributed by atoms with Crippen molar-refractivity contribution in [2.75, 3.05) is 42.9 Å². The van der Waals surface area contributed by atoms with E-state index in [9.17, 15) is 33.9 Å². The van der Waals surface area contributed by atoms with Gasteiger partial charge in [0.1, 0.15) is 30.6 Å². The number of hydrogen-bond acceptors (Lipinski definition) is 12. The van der Waals surface area contributed by atoms with Crippen LogP contribution in [0.4, 0.5) is 25.4 Å². The Morgan fingerprint density at radius 1 is 0.938 bits per heavy atom. The summed E-state index contributed by atoms with van der Waals surface area (Å²) in [6.07, 6.45) is 4.08. The Morgan fingerprint density at radius 3 is 2.29 bits per heavy atom. The van der Waals surface area contributed by atoms with Crippen molar-refractivity contribution in [3.8, 4) is 0 Å². The molecule has 2 aliphatic heterocycles. The van der Waals surface area contributed by atoms with Crippen LogP contribution in [0, 0.1) is 17.7 Å². The van der Waals surface area contributed by atoms with Crippen LogP contribution < -0.4 is 37.7 Å². The number of nitrogens with one attached hydrogen (secondary N) is 4. The summed E-state index contributed by atoms with van der Waals surface area (Å²) in [5.74, 6) is -2.68. The molecule has 1 aromatic heterocycles. The van der Waals surface area contributed by atoms with Gasteiger partial charge in [0.25, 0.3) is 0 Å². The number of urea groups is 1. The predicted octanol–water partition coefficient (Wildman–Crippen LogP) is 5.04. The number of carbonyl (C=O) groups excluding carboxylic acids is 4. The molecule has 0 spiro atoms. The monoisotopic (exact) mass is 897 g/mol. The minimum absolute atomic E-state index is 0.0203. The molecule has 3 aromatic carbocycles. The van der Waals surface area contributed by atoms with Gasteiger partial charge in [-0.3, -0.25) is 19.4 Å². The van der Waals surface area contributed by atoms with E-state index in [0.29, 0.717) is 55.7 Å². The standard InChI is InChI=1S/C46H56FN9O9/c1-4-53-25-35(44(60)61)42(58)34-23-36(47)40(24-39(34)53)54-17-19-55(20-18-54)46(63)65-28-31-12-14-33(15-13-31)50-43(59)38(11-8-16-49-45(48)62)56-26-37(51-52-56)32(21-29(2)3)22-41(57)64-27-30-9-6-5-7-10-30/h5-7,9-10,12-15,23-26,29,32,38,51-52H,4,8,11,16-22,27-28H2,1-3H3,(H,50,59)(H,60,61)(H3,48,49,62)/t32-,38+/m1/s1. The maximum absolute atomic E-state index is 15.4. The van der Waals surface area contributed by atoms with Crippen LogP contribution in [0.25, 0.3) is 10.9 Å². The highest BCUT2D eigenvalue weighted by atomic mass is 19.1. The number of carboxylic acids is 1. The number of fused-ring (bicyclic) bond motifs is 1. The summed E-state index contributed by atoms with van der Waals surface area (Å²) >= 11 is 0. The van der Waals surface area contributed by atoms with Crippen LogP contribution in [0.3, 0.4) is 0 Å². The summed E-state index contributed by atoms with van der Waals surface area (Å²) in [6, 6.07) is 17.5. The smallest absolute Gasteiger partial charge is 0.410 e. The molecule has 0 unspecified atom stereocenters. The van der Waals surface area contributed by atoms with Crippen LogP contribution in [-0.4, -0.2) is 88.3 Å². The Kier molecular flexibility index (Phi) is 16.0. The zero-order chi connectivity index (χ0) is 46.6. The van der Waals surface area contributed by atoms with Gasteiger partial charge in [-0.05, 0) is 67.5 Å². The first-order valence-electron chi connectivity index (χ1n) is 21.6. The van der Waals surface area contributed by atoms with Crippen molar-refractivity contribution >= 4 is 52.2 Å². The molecule has 4 amide bonds. The number of pyridine rings is 1. The molecule has 2 atom stereocenters. The molecule has 346 valence electrons. The van der Waals surface area contributed by atoms with Gasteiger partial charge in [0.15, 0.2) is 0 Å². The number of esters is 1. The van der Waals surface area contributed by atoms with E-state index in [1.54, 1.807) is 57.9 Å². The summed E-state index contributed by atoms with van der Waals surface area (Å²) in [5.41, 5.74) is 13.7. The molecule has 7 N–H and O–H groups in total. The van der Waals surface area contributed by atoms with E-state index in [0.717, 1.165) is 17.3 Å². The molecule has 0 radical (unpaired) electrons. The number of halogens is 1. The summed E-state index contributed by atoms with van der Waals surface area (Å²) in [5, 5.41) is 16.6. The Hall–Kier alpha value is -7.15. The van der Waals surface area contributed by atoms with E-state index in [1.807, 2.05) is 30.3 Å². The first-order chi connectivity index (χ1) is 31.2. The van der Waals surface area contributed by atoms with Crippen LogP contribution in [0.1, 0.15) is 67.9 Å². The normalized spacial score (nSPS) is 14.7. The van der Waals surface area contributed by atoms with E-state index in [1.165, 1.54) is 11.1 Å². The third kappa shape index (κ3) is 12.5. The molecule has 4 aromatic rings. The largest absolute Gasteiger partial charge is 0.477 e. The quantitative estimate of drug-likeness (QED) is 0.0537. The Bertz CT molecular complexity index is 2440. The number of hydrogen-bond donors (Lipinski definition) is 6. The summed E-state index contributed by atoms with van der Waals surface area (Å²) in [6.45, 7) is 7.76. The number of piperazine rings is 1. The number of anilines is 2. The molecule has 1 saturated heterocycles. The van der Waals surface area contributed by atoms with E-state index in [2.05, 4.69) is 35.4 Å². The van der Waals surface area contributed by atoms with Crippen LogP contribution in [0.2, 0.25) is 0 Å². The summed E-state index contributed by atoms with van der Waals surface area (Å²) < 4.78 is 28.2. The number of aromatic nitrogens is 1. The molecule has 2 aliphatic rings. The zero-order valence-corrected chi connectivity index (χ0v) is 36.7. The van der Waals surface area contributed by atoms with Gasteiger partial charge in [-0.2, -0.15) is 0 Å². The highest BCUT2D eigenvalue weighted by Crippen LogP contribution is 2.28. The number of aromatic carboxylic acids is 1. The second kappa shape index (κ2) is 22.0. The van der Waals surface area contributed by atoms with Gasteiger partial charge in [0, 0.05) is 74.4 Å². The van der Waals surface area contributed by atoms with Crippen molar-refractivity contribution in [3.05, 3.63) is 118 Å². The molecule has 0 saturated carbocycles. The average Bonchev–Trinajstić information content (AvgIpc) is 3.78. The van der Waals surface area contributed by atoms with Gasteiger partial charge in [0.2, 0.25) is 11.3 Å². The molecule has 6 rings (SSSR count). The van der Waals surface area contributed by atoms with Crippen LogP contribution in [-0.2, 0) is 38.8 Å². The molecule has 0 bridgehead atoms. The number of nitrogens with two attached hydrogens (primary N) is 1. The van der Waals surface area contributed by atoms with Crippen molar-refractivity contribution in [1.29, 1.82) is 0 Å². The number of benzene rings is 3. The van der Waals surface area contributed by atoms with E-state index in [4.69, 9.17) is 15.2 Å². The minimum Gasteiger partial charge on any atom is -0.477 e. The van der Waals surface area contributed by atoms with Gasteiger partial charge < -0.3 is 50.7 Å². The van der Waals surface area contributed by atoms with Gasteiger partial charge in [-0.15, -0.1) is 5.53 Å². The molecular weight excluding hydrogens is 842 g/mol. The lowest BCUT2D eigenvalue weighted by atomic mass is 9.91. The molecule has 65 heavy (non-hydrogen) atoms. The van der Waals surface area contributed by atoms with Crippen LogP contribution in [0.5, 0.6) is 0 Å². The number of carboxylic acid groups (broad SMARTS) is 1. The number of amides is 4. The third-order valence-electron chi connectivity index (χ3n) is 11.2. The first kappa shape index (κ1) is 47.3.